The SMILES string of the molecule is CC(Oc1ccc(Cl)cc1Cl)C(=O)NNC(=O)COc1ccccc1F. The van der Waals surface area contributed by atoms with E-state index in [2.05, 4.69) is 10.9 Å². The fourth-order valence-corrected chi connectivity index (χ4v) is 2.24. The number of amides is 2. The molecule has 2 aromatic rings. The van der Waals surface area contributed by atoms with Crippen molar-refractivity contribution >= 4 is 35.0 Å². The third kappa shape index (κ3) is 5.79. The summed E-state index contributed by atoms with van der Waals surface area (Å²) in [5.74, 6) is -1.67. The molecule has 0 heterocycles. The molecule has 6 nitrogen and oxygen atoms in total. The van der Waals surface area contributed by atoms with Gasteiger partial charge in [-0.3, -0.25) is 20.4 Å². The first-order valence-electron chi connectivity index (χ1n) is 7.44. The minimum absolute atomic E-state index is 0.0666. The number of rotatable bonds is 6. The molecule has 0 fully saturated rings. The van der Waals surface area contributed by atoms with Crippen LogP contribution in [-0.4, -0.2) is 24.5 Å². The number of hydrazine groups is 1. The van der Waals surface area contributed by atoms with Crippen LogP contribution in [0.2, 0.25) is 10.0 Å². The zero-order chi connectivity index (χ0) is 19.1. The molecule has 0 spiro atoms. The average molecular weight is 401 g/mol. The summed E-state index contributed by atoms with van der Waals surface area (Å²) in [6.45, 7) is 1.00. The van der Waals surface area contributed by atoms with E-state index in [9.17, 15) is 14.0 Å². The highest BCUT2D eigenvalue weighted by atomic mass is 35.5. The smallest absolute Gasteiger partial charge is 0.279 e. The number of para-hydroxylation sites is 1. The summed E-state index contributed by atoms with van der Waals surface area (Å²) >= 11 is 11.7. The minimum Gasteiger partial charge on any atom is -0.481 e. The van der Waals surface area contributed by atoms with Gasteiger partial charge in [-0.15, -0.1) is 0 Å². The van der Waals surface area contributed by atoms with Crippen LogP contribution < -0.4 is 20.3 Å². The molecule has 0 bridgehead atoms. The molecule has 2 amide bonds. The van der Waals surface area contributed by atoms with Crippen LogP contribution >= 0.6 is 23.2 Å². The molecule has 2 N–H and O–H groups in total. The largest absolute Gasteiger partial charge is 0.481 e. The van der Waals surface area contributed by atoms with Crippen LogP contribution in [0.5, 0.6) is 11.5 Å². The van der Waals surface area contributed by atoms with Crippen LogP contribution in [0.25, 0.3) is 0 Å². The normalized spacial score (nSPS) is 11.4. The van der Waals surface area contributed by atoms with Gasteiger partial charge in [0, 0.05) is 5.02 Å². The van der Waals surface area contributed by atoms with E-state index in [-0.39, 0.29) is 16.5 Å². The third-order valence-electron chi connectivity index (χ3n) is 3.09. The van der Waals surface area contributed by atoms with Gasteiger partial charge in [0.15, 0.2) is 24.3 Å². The lowest BCUT2D eigenvalue weighted by atomic mass is 10.3. The number of nitrogens with one attached hydrogen (secondary N) is 2. The summed E-state index contributed by atoms with van der Waals surface area (Å²) in [7, 11) is 0. The summed E-state index contributed by atoms with van der Waals surface area (Å²) in [6.07, 6.45) is -0.943. The van der Waals surface area contributed by atoms with Crippen LogP contribution in [0.15, 0.2) is 42.5 Å². The lowest BCUT2D eigenvalue weighted by Gasteiger charge is -2.16. The van der Waals surface area contributed by atoms with Crippen LogP contribution in [-0.2, 0) is 9.59 Å². The molecule has 0 aliphatic rings. The van der Waals surface area contributed by atoms with Crippen molar-refractivity contribution in [2.24, 2.45) is 0 Å². The molecule has 1 unspecified atom stereocenters. The van der Waals surface area contributed by atoms with Gasteiger partial charge in [0.1, 0.15) is 5.75 Å². The Morgan fingerprint density at radius 2 is 1.85 bits per heavy atom. The van der Waals surface area contributed by atoms with Crippen molar-refractivity contribution in [2.75, 3.05) is 6.61 Å². The van der Waals surface area contributed by atoms with Gasteiger partial charge in [-0.05, 0) is 37.3 Å². The molecule has 0 saturated heterocycles. The molecule has 0 aliphatic carbocycles. The standard InChI is InChI=1S/C17H15Cl2FN2O4/c1-10(26-14-7-6-11(18)8-12(14)19)17(24)22-21-16(23)9-25-15-5-3-2-4-13(15)20/h2-8,10H,9H2,1H3,(H,21,23)(H,22,24). The summed E-state index contributed by atoms with van der Waals surface area (Å²) in [4.78, 5) is 23.6. The Morgan fingerprint density at radius 1 is 1.12 bits per heavy atom. The summed E-state index contributed by atoms with van der Waals surface area (Å²) < 4.78 is 23.8. The Balaban J connectivity index is 1.78. The lowest BCUT2D eigenvalue weighted by molar-refractivity contribution is -0.133. The van der Waals surface area contributed by atoms with Gasteiger partial charge in [-0.2, -0.15) is 0 Å². The van der Waals surface area contributed by atoms with E-state index in [4.69, 9.17) is 32.7 Å². The topological polar surface area (TPSA) is 76.7 Å². The second-order valence-corrected chi connectivity index (χ2v) is 5.93. The maximum atomic E-state index is 13.4. The van der Waals surface area contributed by atoms with Crippen molar-refractivity contribution in [3.63, 3.8) is 0 Å². The first-order chi connectivity index (χ1) is 12.4. The number of halogens is 3. The van der Waals surface area contributed by atoms with Crippen molar-refractivity contribution in [2.45, 2.75) is 13.0 Å². The summed E-state index contributed by atoms with van der Waals surface area (Å²) in [6, 6.07) is 10.2. The fraction of sp³-hybridized carbons (Fsp3) is 0.176. The van der Waals surface area contributed by atoms with Gasteiger partial charge in [0.05, 0.1) is 5.02 Å². The van der Waals surface area contributed by atoms with Gasteiger partial charge in [-0.1, -0.05) is 35.3 Å². The van der Waals surface area contributed by atoms with Crippen LogP contribution in [0.4, 0.5) is 4.39 Å². The second-order valence-electron chi connectivity index (χ2n) is 5.09. The maximum absolute atomic E-state index is 13.4. The van der Waals surface area contributed by atoms with E-state index in [1.165, 1.54) is 37.3 Å². The molecular weight excluding hydrogens is 386 g/mol. The average Bonchev–Trinajstić information content (AvgIpc) is 2.61. The zero-order valence-electron chi connectivity index (χ0n) is 13.6. The number of hydrogen-bond donors (Lipinski definition) is 2. The van der Waals surface area contributed by atoms with Crippen molar-refractivity contribution < 1.29 is 23.5 Å². The van der Waals surface area contributed by atoms with Crippen molar-refractivity contribution in [1.29, 1.82) is 0 Å². The number of hydrogen-bond acceptors (Lipinski definition) is 4. The Kier molecular flexibility index (Phi) is 7.06. The van der Waals surface area contributed by atoms with E-state index in [1.807, 2.05) is 0 Å². The minimum atomic E-state index is -0.943. The highest BCUT2D eigenvalue weighted by Gasteiger charge is 2.17. The van der Waals surface area contributed by atoms with Crippen molar-refractivity contribution in [3.8, 4) is 11.5 Å². The summed E-state index contributed by atoms with van der Waals surface area (Å²) in [5, 5.41) is 0.682. The van der Waals surface area contributed by atoms with E-state index < -0.39 is 30.3 Å². The van der Waals surface area contributed by atoms with Gasteiger partial charge in [0.25, 0.3) is 11.8 Å². The first kappa shape index (κ1) is 19.8. The zero-order valence-corrected chi connectivity index (χ0v) is 15.1. The molecule has 1 atom stereocenters. The van der Waals surface area contributed by atoms with Gasteiger partial charge in [-0.25, -0.2) is 4.39 Å². The predicted molar refractivity (Wildman–Crippen MR) is 94.7 cm³/mol. The quantitative estimate of drug-likeness (QED) is 0.730. The van der Waals surface area contributed by atoms with Gasteiger partial charge >= 0.3 is 0 Å². The Labute approximate surface area is 159 Å². The predicted octanol–water partition coefficient (Wildman–Crippen LogP) is 3.13. The van der Waals surface area contributed by atoms with Crippen LogP contribution in [0, 0.1) is 5.82 Å². The van der Waals surface area contributed by atoms with Gasteiger partial charge < -0.3 is 9.47 Å². The number of carbonyl (C=O) groups is 2. The monoisotopic (exact) mass is 400 g/mol. The highest BCUT2D eigenvalue weighted by molar-refractivity contribution is 6.35. The second kappa shape index (κ2) is 9.26. The maximum Gasteiger partial charge on any atom is 0.279 e. The van der Waals surface area contributed by atoms with Gasteiger partial charge in [0.2, 0.25) is 0 Å². The molecule has 0 saturated carbocycles. The molecule has 0 radical (unpaired) electrons. The first-order valence-corrected chi connectivity index (χ1v) is 8.20. The highest BCUT2D eigenvalue weighted by Crippen LogP contribution is 2.28. The Hall–Kier alpha value is -2.51. The van der Waals surface area contributed by atoms with E-state index >= 15 is 0 Å². The molecular formula is C17H15Cl2FN2O4. The van der Waals surface area contributed by atoms with E-state index in [0.29, 0.717) is 5.02 Å². The van der Waals surface area contributed by atoms with E-state index in [0.717, 1.165) is 0 Å². The number of ether oxygens (including phenoxy) is 2. The molecule has 0 aliphatic heterocycles. The molecule has 138 valence electrons. The fourth-order valence-electron chi connectivity index (χ4n) is 1.79. The van der Waals surface area contributed by atoms with E-state index in [1.54, 1.807) is 12.1 Å². The molecule has 9 heteroatoms. The molecule has 2 rings (SSSR count). The van der Waals surface area contributed by atoms with Crippen LogP contribution in [0.1, 0.15) is 6.92 Å². The van der Waals surface area contributed by atoms with Crippen LogP contribution in [0.3, 0.4) is 0 Å². The summed E-state index contributed by atoms with van der Waals surface area (Å²) in [5.41, 5.74) is 4.32. The number of carbonyl (C=O) groups excluding carboxylic acids is 2. The molecule has 2 aromatic carbocycles. The van der Waals surface area contributed by atoms with Crippen molar-refractivity contribution in [3.05, 3.63) is 58.3 Å². The lowest BCUT2D eigenvalue weighted by Crippen LogP contribution is -2.48. The third-order valence-corrected chi connectivity index (χ3v) is 3.62. The Morgan fingerprint density at radius 3 is 2.54 bits per heavy atom. The molecule has 26 heavy (non-hydrogen) atoms. The Bertz CT molecular complexity index is 804. The molecule has 0 aromatic heterocycles. The van der Waals surface area contributed by atoms with Crippen molar-refractivity contribution in [1.82, 2.24) is 10.9 Å². The number of benzene rings is 2.